The van der Waals surface area contributed by atoms with Crippen LogP contribution in [-0.2, 0) is 6.54 Å². The number of nitrogens with zero attached hydrogens (tertiary/aromatic N) is 4. The zero-order valence-electron chi connectivity index (χ0n) is 14.6. The highest BCUT2D eigenvalue weighted by molar-refractivity contribution is 5.97. The number of aromatic amines is 1. The molecule has 0 aliphatic carbocycles. The van der Waals surface area contributed by atoms with E-state index in [0.29, 0.717) is 12.2 Å². The van der Waals surface area contributed by atoms with Gasteiger partial charge in [0.05, 0.1) is 11.2 Å². The highest BCUT2D eigenvalue weighted by Crippen LogP contribution is 2.38. The lowest BCUT2D eigenvalue weighted by atomic mass is 10.1. The fraction of sp³-hybridized carbons (Fsp3) is 0.100. The molecule has 0 atom stereocenters. The topological polar surface area (TPSA) is 95.6 Å². The maximum atomic E-state index is 12.4. The first-order chi connectivity index (χ1) is 13.2. The molecular formula is C20H17N5O2. The number of amides is 1. The number of carbonyl (C=O) groups is 1. The van der Waals surface area contributed by atoms with Crippen LogP contribution in [0.3, 0.4) is 0 Å². The van der Waals surface area contributed by atoms with Gasteiger partial charge in [0.2, 0.25) is 5.88 Å². The Balaban J connectivity index is 1.64. The van der Waals surface area contributed by atoms with Crippen molar-refractivity contribution in [3.63, 3.8) is 0 Å². The number of aromatic nitrogens is 3. The molecular weight excluding hydrogens is 342 g/mol. The molecule has 4 rings (SSSR count). The Morgan fingerprint density at radius 3 is 2.67 bits per heavy atom. The lowest BCUT2D eigenvalue weighted by Crippen LogP contribution is -1.93. The van der Waals surface area contributed by atoms with Crippen LogP contribution >= 0.6 is 0 Å². The molecule has 0 radical (unpaired) electrons. The lowest BCUT2D eigenvalue weighted by molar-refractivity contribution is 0.0990. The van der Waals surface area contributed by atoms with Crippen LogP contribution in [0.4, 0.5) is 5.69 Å². The number of H-pyrrole nitrogens is 1. The number of para-hydroxylation sites is 1. The largest absolute Gasteiger partial charge is 0.493 e. The zero-order chi connectivity index (χ0) is 18.8. The van der Waals surface area contributed by atoms with Crippen LogP contribution in [-0.4, -0.2) is 25.8 Å². The summed E-state index contributed by atoms with van der Waals surface area (Å²) < 4.78 is 1.72. The number of nitrogens with one attached hydrogen (secondary N) is 1. The number of benzene rings is 2. The number of carbonyl (C=O) groups excluding carboxylic acids is 1. The molecule has 2 N–H and O–H groups in total. The molecule has 1 amide bonds. The minimum Gasteiger partial charge on any atom is -0.493 e. The van der Waals surface area contributed by atoms with E-state index >= 15 is 0 Å². The summed E-state index contributed by atoms with van der Waals surface area (Å²) in [6.07, 6.45) is 0. The Bertz CT molecular complexity index is 1140. The van der Waals surface area contributed by atoms with Crippen LogP contribution in [0.25, 0.3) is 22.2 Å². The Morgan fingerprint density at radius 2 is 1.89 bits per heavy atom. The van der Waals surface area contributed by atoms with E-state index in [-0.39, 0.29) is 17.3 Å². The number of hydrogen-bond donors (Lipinski definition) is 2. The van der Waals surface area contributed by atoms with Gasteiger partial charge in [0, 0.05) is 17.5 Å². The molecule has 2 heterocycles. The summed E-state index contributed by atoms with van der Waals surface area (Å²) in [6, 6.07) is 18.6. The predicted octanol–water partition coefficient (Wildman–Crippen LogP) is 4.68. The molecule has 0 saturated heterocycles. The highest BCUT2D eigenvalue weighted by atomic mass is 16.3. The molecule has 0 bridgehead atoms. The third kappa shape index (κ3) is 2.99. The summed E-state index contributed by atoms with van der Waals surface area (Å²) in [6.45, 7) is 2.50. The summed E-state index contributed by atoms with van der Waals surface area (Å²) in [7, 11) is 0. The van der Waals surface area contributed by atoms with E-state index in [2.05, 4.69) is 20.4 Å². The minimum atomic E-state index is -0.558. The fourth-order valence-corrected chi connectivity index (χ4v) is 3.03. The zero-order valence-corrected chi connectivity index (χ0v) is 14.6. The fourth-order valence-electron chi connectivity index (χ4n) is 3.03. The quantitative estimate of drug-likeness (QED) is 0.518. The molecule has 27 heavy (non-hydrogen) atoms. The van der Waals surface area contributed by atoms with Gasteiger partial charge in [0.1, 0.15) is 5.69 Å². The molecule has 0 aliphatic rings. The predicted molar refractivity (Wildman–Crippen MR) is 102 cm³/mol. The van der Waals surface area contributed by atoms with Crippen LogP contribution in [0.1, 0.15) is 17.4 Å². The van der Waals surface area contributed by atoms with Crippen LogP contribution in [0.15, 0.2) is 70.9 Å². The van der Waals surface area contributed by atoms with Gasteiger partial charge in [-0.2, -0.15) is 5.10 Å². The van der Waals surface area contributed by atoms with Crippen LogP contribution in [0, 0.1) is 0 Å². The molecule has 0 fully saturated rings. The average molecular weight is 359 g/mol. The van der Waals surface area contributed by atoms with E-state index in [0.717, 1.165) is 16.5 Å². The molecule has 0 aliphatic heterocycles. The summed E-state index contributed by atoms with van der Waals surface area (Å²) in [5.41, 5.74) is 2.90. The lowest BCUT2D eigenvalue weighted by Gasteiger charge is -2.00. The number of aryl methyl sites for hydroxylation is 1. The van der Waals surface area contributed by atoms with Crippen LogP contribution in [0.2, 0.25) is 0 Å². The summed E-state index contributed by atoms with van der Waals surface area (Å²) >= 11 is 0. The number of aromatic hydroxyl groups is 1. The molecule has 7 nitrogen and oxygen atoms in total. The first-order valence-electron chi connectivity index (χ1n) is 8.56. The van der Waals surface area contributed by atoms with Crippen LogP contribution in [0.5, 0.6) is 5.88 Å². The van der Waals surface area contributed by atoms with Gasteiger partial charge in [0.15, 0.2) is 5.69 Å². The second kappa shape index (κ2) is 6.87. The first kappa shape index (κ1) is 16.7. The number of fused-ring (bicyclic) bond motifs is 1. The molecule has 0 unspecified atom stereocenters. The van der Waals surface area contributed by atoms with Crippen molar-refractivity contribution in [1.82, 2.24) is 14.8 Å². The van der Waals surface area contributed by atoms with E-state index in [1.807, 2.05) is 61.5 Å². The van der Waals surface area contributed by atoms with Crippen molar-refractivity contribution in [2.45, 2.75) is 13.5 Å². The normalized spacial score (nSPS) is 11.4. The molecule has 4 aromatic rings. The highest BCUT2D eigenvalue weighted by Gasteiger charge is 2.16. The Kier molecular flexibility index (Phi) is 4.25. The Labute approximate surface area is 155 Å². The minimum absolute atomic E-state index is 0.00941. The van der Waals surface area contributed by atoms with E-state index < -0.39 is 5.91 Å². The molecule has 0 saturated carbocycles. The summed E-state index contributed by atoms with van der Waals surface area (Å²) in [4.78, 5) is 12.4. The number of azo groups is 1. The second-order valence-electron chi connectivity index (χ2n) is 5.97. The van der Waals surface area contributed by atoms with Gasteiger partial charge in [-0.3, -0.25) is 9.89 Å². The van der Waals surface area contributed by atoms with Crippen molar-refractivity contribution < 1.29 is 9.90 Å². The van der Waals surface area contributed by atoms with Gasteiger partial charge in [-0.05, 0) is 19.1 Å². The van der Waals surface area contributed by atoms with Gasteiger partial charge < -0.3 is 9.67 Å². The van der Waals surface area contributed by atoms with Gasteiger partial charge in [0.25, 0.3) is 0 Å². The van der Waals surface area contributed by atoms with Gasteiger partial charge in [-0.1, -0.05) is 48.5 Å². The van der Waals surface area contributed by atoms with Gasteiger partial charge >= 0.3 is 5.91 Å². The van der Waals surface area contributed by atoms with Crippen molar-refractivity contribution in [2.24, 2.45) is 10.2 Å². The molecule has 7 heteroatoms. The van der Waals surface area contributed by atoms with Gasteiger partial charge in [-0.25, -0.2) is 0 Å². The molecule has 134 valence electrons. The van der Waals surface area contributed by atoms with Gasteiger partial charge in [-0.15, -0.1) is 10.2 Å². The number of hydrogen-bond acceptors (Lipinski definition) is 4. The van der Waals surface area contributed by atoms with E-state index in [9.17, 15) is 9.90 Å². The molecule has 2 aromatic heterocycles. The maximum absolute atomic E-state index is 12.4. The standard InChI is InChI=1S/C20H17N5O2/c1-2-25-17-11-7-6-10-14(17)18(20(25)27)23-24-19(26)16-12-15(21-22-16)13-8-4-3-5-9-13/h3-12,27H,2H2,1H3,(H,21,22). The molecule has 2 aromatic carbocycles. The third-order valence-corrected chi connectivity index (χ3v) is 4.35. The molecule has 0 spiro atoms. The first-order valence-corrected chi connectivity index (χ1v) is 8.56. The number of rotatable bonds is 4. The van der Waals surface area contributed by atoms with E-state index in [4.69, 9.17) is 0 Å². The van der Waals surface area contributed by atoms with E-state index in [1.54, 1.807) is 10.6 Å². The smallest absolute Gasteiger partial charge is 0.313 e. The third-order valence-electron chi connectivity index (χ3n) is 4.35. The summed E-state index contributed by atoms with van der Waals surface area (Å²) in [5.74, 6) is -0.567. The summed E-state index contributed by atoms with van der Waals surface area (Å²) in [5, 5.41) is 25.8. The SMILES string of the molecule is CCn1c(O)c(N=NC(=O)c2cc(-c3ccccc3)n[nH]2)c2ccccc21. The van der Waals surface area contributed by atoms with Crippen molar-refractivity contribution >= 4 is 22.5 Å². The van der Waals surface area contributed by atoms with Crippen molar-refractivity contribution in [3.8, 4) is 17.1 Å². The Morgan fingerprint density at radius 1 is 1.15 bits per heavy atom. The monoisotopic (exact) mass is 359 g/mol. The van der Waals surface area contributed by atoms with E-state index in [1.165, 1.54) is 0 Å². The van der Waals surface area contributed by atoms with Crippen molar-refractivity contribution in [3.05, 3.63) is 66.4 Å². The average Bonchev–Trinajstić information content (AvgIpc) is 3.30. The Hall–Kier alpha value is -3.74. The van der Waals surface area contributed by atoms with Crippen LogP contribution < -0.4 is 0 Å². The maximum Gasteiger partial charge on any atom is 0.313 e. The second-order valence-corrected chi connectivity index (χ2v) is 5.97. The van der Waals surface area contributed by atoms with Crippen molar-refractivity contribution in [1.29, 1.82) is 0 Å². The van der Waals surface area contributed by atoms with Crippen molar-refractivity contribution in [2.75, 3.05) is 0 Å².